The monoisotopic (exact) mass is 323 g/mol. The summed E-state index contributed by atoms with van der Waals surface area (Å²) < 4.78 is 43.8. The first-order valence-corrected chi connectivity index (χ1v) is 7.41. The number of para-hydroxylation sites is 1. The van der Waals surface area contributed by atoms with Crippen LogP contribution in [0.4, 0.5) is 19.1 Å². The number of hydrogen-bond acceptors (Lipinski definition) is 4. The van der Waals surface area contributed by atoms with Crippen molar-refractivity contribution in [1.82, 2.24) is 9.97 Å². The zero-order chi connectivity index (χ0) is 16.3. The van der Waals surface area contributed by atoms with Gasteiger partial charge in [-0.15, -0.1) is 0 Å². The number of halogens is 3. The van der Waals surface area contributed by atoms with E-state index in [1.807, 2.05) is 24.3 Å². The number of hydrogen-bond donors (Lipinski definition) is 1. The maximum absolute atomic E-state index is 12.6. The summed E-state index contributed by atoms with van der Waals surface area (Å²) in [6, 6.07) is 8.31. The summed E-state index contributed by atoms with van der Waals surface area (Å²) in [5, 5.41) is 2.82. The zero-order valence-electron chi connectivity index (χ0n) is 12.3. The van der Waals surface area contributed by atoms with Crippen molar-refractivity contribution in [1.29, 1.82) is 0 Å². The highest BCUT2D eigenvalue weighted by Gasteiger charge is 2.32. The van der Waals surface area contributed by atoms with Gasteiger partial charge >= 0.3 is 6.18 Å². The van der Waals surface area contributed by atoms with Gasteiger partial charge in [0, 0.05) is 18.3 Å². The quantitative estimate of drug-likeness (QED) is 0.902. The van der Waals surface area contributed by atoms with Crippen LogP contribution in [0.25, 0.3) is 0 Å². The Hall–Kier alpha value is -2.31. The van der Waals surface area contributed by atoms with Crippen LogP contribution in [-0.4, -0.2) is 16.1 Å². The smallest absolute Gasteiger partial charge is 0.433 e. The lowest BCUT2D eigenvalue weighted by atomic mass is 9.96. The molecule has 23 heavy (non-hydrogen) atoms. The minimum Gasteiger partial charge on any atom is -0.490 e. The van der Waals surface area contributed by atoms with Crippen LogP contribution >= 0.6 is 0 Å². The molecule has 4 nitrogen and oxygen atoms in total. The van der Waals surface area contributed by atoms with Crippen LogP contribution in [0, 0.1) is 0 Å². The summed E-state index contributed by atoms with van der Waals surface area (Å²) in [7, 11) is 0. The van der Waals surface area contributed by atoms with Gasteiger partial charge in [0.1, 0.15) is 11.4 Å². The summed E-state index contributed by atoms with van der Waals surface area (Å²) in [4.78, 5) is 7.31. The van der Waals surface area contributed by atoms with Crippen molar-refractivity contribution in [2.24, 2.45) is 0 Å². The van der Waals surface area contributed by atoms with Gasteiger partial charge < -0.3 is 10.1 Å². The van der Waals surface area contributed by atoms with Gasteiger partial charge in [-0.2, -0.15) is 13.2 Å². The molecule has 0 spiro atoms. The van der Waals surface area contributed by atoms with Crippen molar-refractivity contribution in [3.8, 4) is 5.75 Å². The number of rotatable bonds is 5. The van der Waals surface area contributed by atoms with Crippen molar-refractivity contribution < 1.29 is 17.9 Å². The summed E-state index contributed by atoms with van der Waals surface area (Å²) in [5.74, 6) is 0.690. The van der Waals surface area contributed by atoms with Crippen molar-refractivity contribution in [2.45, 2.75) is 38.1 Å². The minimum absolute atomic E-state index is 0.0572. The topological polar surface area (TPSA) is 47.0 Å². The third kappa shape index (κ3) is 3.91. The van der Waals surface area contributed by atoms with Crippen molar-refractivity contribution in [3.63, 3.8) is 0 Å². The van der Waals surface area contributed by atoms with Gasteiger partial charge in [-0.1, -0.05) is 18.2 Å². The average Bonchev–Trinajstić information content (AvgIpc) is 2.49. The molecule has 0 bridgehead atoms. The number of aromatic nitrogens is 2. The van der Waals surface area contributed by atoms with Crippen LogP contribution in [0.15, 0.2) is 36.5 Å². The molecule has 1 saturated carbocycles. The normalized spacial score (nSPS) is 15.1. The van der Waals surface area contributed by atoms with E-state index in [1.54, 1.807) is 0 Å². The van der Waals surface area contributed by atoms with Crippen LogP contribution in [0.5, 0.6) is 5.75 Å². The van der Waals surface area contributed by atoms with E-state index in [2.05, 4.69) is 15.3 Å². The van der Waals surface area contributed by atoms with Gasteiger partial charge in [-0.05, 0) is 31.4 Å². The molecule has 0 radical (unpaired) electrons. The number of nitrogens with zero attached hydrogens (tertiary/aromatic N) is 2. The molecule has 0 amide bonds. The van der Waals surface area contributed by atoms with Gasteiger partial charge in [0.25, 0.3) is 0 Å². The number of nitrogens with one attached hydrogen (secondary N) is 1. The van der Waals surface area contributed by atoms with Crippen LogP contribution in [0.2, 0.25) is 0 Å². The highest BCUT2D eigenvalue weighted by atomic mass is 19.4. The summed E-state index contributed by atoms with van der Waals surface area (Å²) in [6.07, 6.45) is 0.0978. The second-order valence-electron chi connectivity index (χ2n) is 5.40. The Balaban J connectivity index is 1.68. The third-order valence-corrected chi connectivity index (χ3v) is 3.70. The average molecular weight is 323 g/mol. The van der Waals surface area contributed by atoms with Crippen molar-refractivity contribution in [3.05, 3.63) is 47.8 Å². The second-order valence-corrected chi connectivity index (χ2v) is 5.40. The number of benzene rings is 1. The molecule has 0 aliphatic heterocycles. The van der Waals surface area contributed by atoms with Crippen LogP contribution < -0.4 is 10.1 Å². The third-order valence-electron chi connectivity index (χ3n) is 3.70. The Morgan fingerprint density at radius 1 is 1.17 bits per heavy atom. The molecule has 1 aromatic carbocycles. The molecule has 0 atom stereocenters. The van der Waals surface area contributed by atoms with Crippen molar-refractivity contribution in [2.75, 3.05) is 5.32 Å². The Morgan fingerprint density at radius 2 is 1.96 bits per heavy atom. The molecule has 1 heterocycles. The van der Waals surface area contributed by atoms with E-state index in [0.717, 1.165) is 36.4 Å². The van der Waals surface area contributed by atoms with Crippen LogP contribution in [0.3, 0.4) is 0 Å². The maximum Gasteiger partial charge on any atom is 0.433 e. The van der Waals surface area contributed by atoms with Gasteiger partial charge in [-0.3, -0.25) is 0 Å². The standard InChI is InChI=1S/C16H16F3N3O/c17-16(18,19)14-8-9-20-15(22-14)21-10-11-4-1-2-7-13(11)23-12-5-3-6-12/h1-2,4,7-9,12H,3,5-6,10H2,(H,20,21,22). The van der Waals surface area contributed by atoms with E-state index in [1.165, 1.54) is 6.42 Å². The maximum atomic E-state index is 12.6. The van der Waals surface area contributed by atoms with Gasteiger partial charge in [-0.25, -0.2) is 9.97 Å². The molecule has 3 rings (SSSR count). The lowest BCUT2D eigenvalue weighted by molar-refractivity contribution is -0.141. The lowest BCUT2D eigenvalue weighted by Gasteiger charge is -2.27. The van der Waals surface area contributed by atoms with Crippen LogP contribution in [0.1, 0.15) is 30.5 Å². The lowest BCUT2D eigenvalue weighted by Crippen LogP contribution is -2.25. The van der Waals surface area contributed by atoms with Gasteiger partial charge in [0.2, 0.25) is 5.95 Å². The first-order chi connectivity index (χ1) is 11.0. The molecule has 1 aliphatic rings. The fourth-order valence-corrected chi connectivity index (χ4v) is 2.21. The first kappa shape index (κ1) is 15.6. The van der Waals surface area contributed by atoms with E-state index in [4.69, 9.17) is 4.74 Å². The van der Waals surface area contributed by atoms with E-state index in [9.17, 15) is 13.2 Å². The number of ether oxygens (including phenoxy) is 1. The fourth-order valence-electron chi connectivity index (χ4n) is 2.21. The molecule has 1 fully saturated rings. The Kier molecular flexibility index (Phi) is 4.36. The molecular weight excluding hydrogens is 307 g/mol. The molecule has 1 N–H and O–H groups in total. The second kappa shape index (κ2) is 6.44. The van der Waals surface area contributed by atoms with E-state index < -0.39 is 11.9 Å². The highest BCUT2D eigenvalue weighted by Crippen LogP contribution is 2.29. The Morgan fingerprint density at radius 3 is 2.65 bits per heavy atom. The molecule has 1 aliphatic carbocycles. The number of anilines is 1. The molecule has 0 unspecified atom stereocenters. The highest BCUT2D eigenvalue weighted by molar-refractivity contribution is 5.37. The predicted molar refractivity (Wildman–Crippen MR) is 79.1 cm³/mol. The first-order valence-electron chi connectivity index (χ1n) is 7.41. The van der Waals surface area contributed by atoms with Gasteiger partial charge in [0.05, 0.1) is 6.10 Å². The molecule has 0 saturated heterocycles. The summed E-state index contributed by atoms with van der Waals surface area (Å²) >= 11 is 0. The van der Waals surface area contributed by atoms with E-state index >= 15 is 0 Å². The predicted octanol–water partition coefficient (Wildman–Crippen LogP) is 4.04. The molecule has 2 aromatic rings. The summed E-state index contributed by atoms with van der Waals surface area (Å²) in [5.41, 5.74) is -0.102. The Labute approximate surface area is 131 Å². The molecule has 122 valence electrons. The fraction of sp³-hybridized carbons (Fsp3) is 0.375. The SMILES string of the molecule is FC(F)(F)c1ccnc(NCc2ccccc2OC2CCC2)n1. The molecule has 7 heteroatoms. The number of alkyl halides is 3. The Bertz CT molecular complexity index is 672. The summed E-state index contributed by atoms with van der Waals surface area (Å²) in [6.45, 7) is 0.296. The molecular formula is C16H16F3N3O. The largest absolute Gasteiger partial charge is 0.490 e. The van der Waals surface area contributed by atoms with Gasteiger partial charge in [0.15, 0.2) is 0 Å². The molecule has 1 aromatic heterocycles. The zero-order valence-corrected chi connectivity index (χ0v) is 12.3. The van der Waals surface area contributed by atoms with Crippen LogP contribution in [-0.2, 0) is 12.7 Å². The van der Waals surface area contributed by atoms with E-state index in [-0.39, 0.29) is 12.1 Å². The van der Waals surface area contributed by atoms with E-state index in [0.29, 0.717) is 6.54 Å². The minimum atomic E-state index is -4.48. The van der Waals surface area contributed by atoms with Crippen molar-refractivity contribution >= 4 is 5.95 Å².